The van der Waals surface area contributed by atoms with E-state index in [1.165, 1.54) is 0 Å². The molecule has 4 heteroatoms. The number of hydrogen-bond donors (Lipinski definition) is 1. The molecule has 0 saturated heterocycles. The summed E-state index contributed by atoms with van der Waals surface area (Å²) in [6.07, 6.45) is 1.75. The zero-order valence-corrected chi connectivity index (χ0v) is 14.4. The Labute approximate surface area is 138 Å². The van der Waals surface area contributed by atoms with Crippen LogP contribution < -0.4 is 5.32 Å². The fourth-order valence-electron chi connectivity index (χ4n) is 2.26. The van der Waals surface area contributed by atoms with Gasteiger partial charge < -0.3 is 5.32 Å². The van der Waals surface area contributed by atoms with Gasteiger partial charge in [0.2, 0.25) is 0 Å². The van der Waals surface area contributed by atoms with Crippen molar-refractivity contribution in [1.29, 1.82) is 0 Å². The summed E-state index contributed by atoms with van der Waals surface area (Å²) >= 11 is 9.49. The SMILES string of the molecule is CCc1cccc(CC)c1NC(=O)c1ccc(Br)cc1Cl. The Morgan fingerprint density at radius 2 is 1.76 bits per heavy atom. The van der Waals surface area contributed by atoms with Crippen LogP contribution >= 0.6 is 27.5 Å². The zero-order chi connectivity index (χ0) is 15.4. The van der Waals surface area contributed by atoms with E-state index < -0.39 is 0 Å². The normalized spacial score (nSPS) is 10.5. The van der Waals surface area contributed by atoms with Gasteiger partial charge in [-0.1, -0.05) is 59.6 Å². The first-order valence-corrected chi connectivity index (χ1v) is 8.11. The quantitative estimate of drug-likeness (QED) is 0.762. The Morgan fingerprint density at radius 3 is 2.29 bits per heavy atom. The predicted octanol–water partition coefficient (Wildman–Crippen LogP) is 5.48. The van der Waals surface area contributed by atoms with Gasteiger partial charge in [-0.25, -0.2) is 0 Å². The largest absolute Gasteiger partial charge is 0.321 e. The molecule has 2 nitrogen and oxygen atoms in total. The standard InChI is InChI=1S/C17H17BrClNO/c1-3-11-6-5-7-12(4-2)16(11)20-17(21)14-9-8-13(18)10-15(14)19/h5-10H,3-4H2,1-2H3,(H,20,21). The molecule has 2 aromatic carbocycles. The lowest BCUT2D eigenvalue weighted by Gasteiger charge is -2.15. The Bertz CT molecular complexity index is 648. The van der Waals surface area contributed by atoms with Gasteiger partial charge in [-0.3, -0.25) is 4.79 Å². The van der Waals surface area contributed by atoms with Crippen LogP contribution in [0.2, 0.25) is 5.02 Å². The number of carbonyl (C=O) groups excluding carboxylic acids is 1. The molecule has 2 rings (SSSR count). The lowest BCUT2D eigenvalue weighted by Crippen LogP contribution is -2.15. The van der Waals surface area contributed by atoms with Crippen molar-refractivity contribution in [2.24, 2.45) is 0 Å². The van der Waals surface area contributed by atoms with E-state index in [1.54, 1.807) is 12.1 Å². The molecular formula is C17H17BrClNO. The van der Waals surface area contributed by atoms with Crippen molar-refractivity contribution in [1.82, 2.24) is 0 Å². The number of nitrogens with one attached hydrogen (secondary N) is 1. The van der Waals surface area contributed by atoms with E-state index in [-0.39, 0.29) is 5.91 Å². The molecule has 0 radical (unpaired) electrons. The van der Waals surface area contributed by atoms with Crippen LogP contribution in [0.5, 0.6) is 0 Å². The second-order valence-corrected chi connectivity index (χ2v) is 6.06. The molecule has 0 unspecified atom stereocenters. The summed E-state index contributed by atoms with van der Waals surface area (Å²) in [6.45, 7) is 4.16. The second-order valence-electron chi connectivity index (χ2n) is 4.74. The summed E-state index contributed by atoms with van der Waals surface area (Å²) in [5.74, 6) is -0.178. The van der Waals surface area contributed by atoms with Crippen LogP contribution in [0.4, 0.5) is 5.69 Å². The summed E-state index contributed by atoms with van der Waals surface area (Å²) in [5, 5.41) is 3.46. The van der Waals surface area contributed by atoms with Crippen LogP contribution in [-0.2, 0) is 12.8 Å². The Kier molecular flexibility index (Phi) is 5.43. The lowest BCUT2D eigenvalue weighted by molar-refractivity contribution is 0.102. The Morgan fingerprint density at radius 1 is 1.14 bits per heavy atom. The number of amides is 1. The summed E-state index contributed by atoms with van der Waals surface area (Å²) in [5.41, 5.74) is 3.66. The van der Waals surface area contributed by atoms with Crippen molar-refractivity contribution in [3.05, 3.63) is 62.6 Å². The van der Waals surface area contributed by atoms with Gasteiger partial charge in [-0.2, -0.15) is 0 Å². The van der Waals surface area contributed by atoms with Gasteiger partial charge >= 0.3 is 0 Å². The van der Waals surface area contributed by atoms with Crippen molar-refractivity contribution >= 4 is 39.1 Å². The smallest absolute Gasteiger partial charge is 0.257 e. The van der Waals surface area contributed by atoms with Crippen LogP contribution in [0, 0.1) is 0 Å². The predicted molar refractivity (Wildman–Crippen MR) is 92.3 cm³/mol. The van der Waals surface area contributed by atoms with Gasteiger partial charge in [0.15, 0.2) is 0 Å². The Balaban J connectivity index is 2.35. The molecule has 0 aliphatic carbocycles. The molecule has 0 spiro atoms. The highest BCUT2D eigenvalue weighted by Crippen LogP contribution is 2.26. The van der Waals surface area contributed by atoms with Crippen LogP contribution in [0.15, 0.2) is 40.9 Å². The highest BCUT2D eigenvalue weighted by molar-refractivity contribution is 9.10. The average Bonchev–Trinajstić information content (AvgIpc) is 2.47. The summed E-state index contributed by atoms with van der Waals surface area (Å²) in [7, 11) is 0. The molecule has 2 aromatic rings. The van der Waals surface area contributed by atoms with Crippen LogP contribution in [0.1, 0.15) is 35.3 Å². The molecule has 0 saturated carbocycles. The first kappa shape index (κ1) is 16.1. The maximum absolute atomic E-state index is 12.5. The minimum absolute atomic E-state index is 0.178. The highest BCUT2D eigenvalue weighted by atomic mass is 79.9. The minimum atomic E-state index is -0.178. The number of rotatable bonds is 4. The third-order valence-corrected chi connectivity index (χ3v) is 4.22. The molecule has 1 N–H and O–H groups in total. The lowest BCUT2D eigenvalue weighted by atomic mass is 10.0. The van der Waals surface area contributed by atoms with Crippen LogP contribution in [-0.4, -0.2) is 5.91 Å². The molecule has 0 aliphatic heterocycles. The zero-order valence-electron chi connectivity index (χ0n) is 12.0. The maximum Gasteiger partial charge on any atom is 0.257 e. The van der Waals surface area contributed by atoms with E-state index in [0.29, 0.717) is 10.6 Å². The van der Waals surface area contributed by atoms with Gasteiger partial charge in [-0.15, -0.1) is 0 Å². The molecule has 0 aromatic heterocycles. The molecule has 110 valence electrons. The summed E-state index contributed by atoms with van der Waals surface area (Å²) in [6, 6.07) is 11.4. The van der Waals surface area contributed by atoms with Crippen molar-refractivity contribution in [3.8, 4) is 0 Å². The van der Waals surface area contributed by atoms with Gasteiger partial charge in [0, 0.05) is 10.2 Å². The van der Waals surface area contributed by atoms with E-state index in [1.807, 2.05) is 24.3 Å². The van der Waals surface area contributed by atoms with Crippen molar-refractivity contribution < 1.29 is 4.79 Å². The van der Waals surface area contributed by atoms with Crippen molar-refractivity contribution in [3.63, 3.8) is 0 Å². The third-order valence-electron chi connectivity index (χ3n) is 3.41. The molecule has 0 aliphatic rings. The number of aryl methyl sites for hydroxylation is 2. The van der Waals surface area contributed by atoms with Gasteiger partial charge in [0.05, 0.1) is 10.6 Å². The van der Waals surface area contributed by atoms with E-state index >= 15 is 0 Å². The first-order chi connectivity index (χ1) is 10.1. The van der Waals surface area contributed by atoms with E-state index in [4.69, 9.17) is 11.6 Å². The summed E-state index contributed by atoms with van der Waals surface area (Å²) < 4.78 is 0.854. The molecule has 21 heavy (non-hydrogen) atoms. The number of benzene rings is 2. The maximum atomic E-state index is 12.5. The fourth-order valence-corrected chi connectivity index (χ4v) is 3.02. The van der Waals surface area contributed by atoms with Gasteiger partial charge in [0.1, 0.15) is 0 Å². The monoisotopic (exact) mass is 365 g/mol. The molecular weight excluding hydrogens is 350 g/mol. The van der Waals surface area contributed by atoms with E-state index in [9.17, 15) is 4.79 Å². The average molecular weight is 367 g/mol. The van der Waals surface area contributed by atoms with E-state index in [2.05, 4.69) is 35.1 Å². The second kappa shape index (κ2) is 7.10. The number of para-hydroxylation sites is 1. The summed E-state index contributed by atoms with van der Waals surface area (Å²) in [4.78, 5) is 12.5. The van der Waals surface area contributed by atoms with Gasteiger partial charge in [0.25, 0.3) is 5.91 Å². The number of anilines is 1. The first-order valence-electron chi connectivity index (χ1n) is 6.94. The highest BCUT2D eigenvalue weighted by Gasteiger charge is 2.14. The van der Waals surface area contributed by atoms with E-state index in [0.717, 1.165) is 34.1 Å². The molecule has 0 atom stereocenters. The Hall–Kier alpha value is -1.32. The molecule has 0 heterocycles. The van der Waals surface area contributed by atoms with Crippen molar-refractivity contribution in [2.75, 3.05) is 5.32 Å². The topological polar surface area (TPSA) is 29.1 Å². The number of halogens is 2. The minimum Gasteiger partial charge on any atom is -0.321 e. The number of hydrogen-bond acceptors (Lipinski definition) is 1. The molecule has 0 bridgehead atoms. The van der Waals surface area contributed by atoms with Crippen LogP contribution in [0.3, 0.4) is 0 Å². The van der Waals surface area contributed by atoms with Crippen LogP contribution in [0.25, 0.3) is 0 Å². The third kappa shape index (κ3) is 3.66. The molecule has 0 fully saturated rings. The van der Waals surface area contributed by atoms with Crippen molar-refractivity contribution in [2.45, 2.75) is 26.7 Å². The number of carbonyl (C=O) groups is 1. The fraction of sp³-hybridized carbons (Fsp3) is 0.235. The van der Waals surface area contributed by atoms with Gasteiger partial charge in [-0.05, 0) is 42.2 Å². The molecule has 1 amide bonds.